The summed E-state index contributed by atoms with van der Waals surface area (Å²) in [6.45, 7) is 1.39. The van der Waals surface area contributed by atoms with Gasteiger partial charge < -0.3 is 19.7 Å². The van der Waals surface area contributed by atoms with E-state index in [2.05, 4.69) is 25.8 Å². The van der Waals surface area contributed by atoms with Gasteiger partial charge in [0.2, 0.25) is 5.88 Å². The van der Waals surface area contributed by atoms with Gasteiger partial charge in [-0.25, -0.2) is 14.8 Å². The van der Waals surface area contributed by atoms with Crippen LogP contribution >= 0.6 is 0 Å². The lowest BCUT2D eigenvalue weighted by atomic mass is 10.1. The predicted molar refractivity (Wildman–Crippen MR) is 114 cm³/mol. The van der Waals surface area contributed by atoms with Crippen molar-refractivity contribution >= 4 is 22.8 Å². The summed E-state index contributed by atoms with van der Waals surface area (Å²) in [6.07, 6.45) is 4.90. The van der Waals surface area contributed by atoms with Crippen LogP contribution in [0.5, 0.6) is 11.6 Å². The van der Waals surface area contributed by atoms with Gasteiger partial charge >= 0.3 is 6.03 Å². The Morgan fingerprint density at radius 3 is 3.00 bits per heavy atom. The van der Waals surface area contributed by atoms with E-state index >= 15 is 0 Å². The van der Waals surface area contributed by atoms with Gasteiger partial charge in [0.05, 0.1) is 28.8 Å². The van der Waals surface area contributed by atoms with Crippen LogP contribution in [0, 0.1) is 0 Å². The number of carbonyl (C=O) groups is 1. The third-order valence-corrected chi connectivity index (χ3v) is 6.11. The number of hydrogen-bond acceptors (Lipinski definition) is 8. The smallest absolute Gasteiger partial charge is 0.331 e. The number of ether oxygens (including phenoxy) is 1. The highest BCUT2D eigenvalue weighted by Gasteiger charge is 2.47. The van der Waals surface area contributed by atoms with Gasteiger partial charge in [-0.1, -0.05) is 5.16 Å². The summed E-state index contributed by atoms with van der Waals surface area (Å²) in [4.78, 5) is 21.3. The van der Waals surface area contributed by atoms with Crippen LogP contribution in [0.1, 0.15) is 29.9 Å². The fraction of sp³-hybridized carbons (Fsp3) is 0.273. The van der Waals surface area contributed by atoms with Gasteiger partial charge in [0.1, 0.15) is 17.8 Å². The summed E-state index contributed by atoms with van der Waals surface area (Å²) >= 11 is 0. The Kier molecular flexibility index (Phi) is 4.23. The number of nitrogens with one attached hydrogen (secondary N) is 2. The Morgan fingerprint density at radius 2 is 2.16 bits per heavy atom. The van der Waals surface area contributed by atoms with E-state index in [4.69, 9.17) is 9.26 Å². The van der Waals surface area contributed by atoms with Gasteiger partial charge in [-0.3, -0.25) is 9.88 Å². The first-order valence-electron chi connectivity index (χ1n) is 10.4. The van der Waals surface area contributed by atoms with Crippen LogP contribution in [0.4, 0.5) is 10.6 Å². The summed E-state index contributed by atoms with van der Waals surface area (Å²) < 4.78 is 12.8. The molecule has 0 atom stereocenters. The Balaban J connectivity index is 1.21. The average molecular weight is 432 g/mol. The van der Waals surface area contributed by atoms with E-state index in [1.165, 1.54) is 10.9 Å². The van der Waals surface area contributed by atoms with Gasteiger partial charge in [-0.15, -0.1) is 0 Å². The van der Waals surface area contributed by atoms with Crippen molar-refractivity contribution in [1.29, 1.82) is 0 Å². The predicted octanol–water partition coefficient (Wildman–Crippen LogP) is 2.92. The molecule has 32 heavy (non-hydrogen) atoms. The van der Waals surface area contributed by atoms with E-state index in [0.29, 0.717) is 36.3 Å². The van der Waals surface area contributed by atoms with Crippen LogP contribution in [0.3, 0.4) is 0 Å². The fourth-order valence-electron chi connectivity index (χ4n) is 4.01. The zero-order chi connectivity index (χ0) is 21.7. The van der Waals surface area contributed by atoms with E-state index in [1.807, 2.05) is 18.2 Å². The van der Waals surface area contributed by atoms with Gasteiger partial charge in [0.15, 0.2) is 5.82 Å². The van der Waals surface area contributed by atoms with Crippen molar-refractivity contribution in [2.45, 2.75) is 31.3 Å². The normalized spacial score (nSPS) is 16.2. The van der Waals surface area contributed by atoms with E-state index in [9.17, 15) is 9.90 Å². The Labute approximate surface area is 182 Å². The van der Waals surface area contributed by atoms with Crippen molar-refractivity contribution in [3.05, 3.63) is 59.9 Å². The molecule has 0 spiro atoms. The first kappa shape index (κ1) is 19.0. The number of nitrogens with zero attached hydrogens (tertiary/aromatic N) is 4. The summed E-state index contributed by atoms with van der Waals surface area (Å²) in [6, 6.07) is 8.64. The molecule has 0 bridgehead atoms. The molecule has 10 nitrogen and oxygen atoms in total. The van der Waals surface area contributed by atoms with E-state index < -0.39 is 0 Å². The van der Waals surface area contributed by atoms with Crippen molar-refractivity contribution in [3.63, 3.8) is 0 Å². The lowest BCUT2D eigenvalue weighted by Gasteiger charge is -2.09. The maximum absolute atomic E-state index is 12.8. The second kappa shape index (κ2) is 7.14. The average Bonchev–Trinajstić information content (AvgIpc) is 3.15. The number of benzene rings is 1. The molecular weight excluding hydrogens is 412 g/mol. The van der Waals surface area contributed by atoms with Gasteiger partial charge in [-0.05, 0) is 37.1 Å². The van der Waals surface area contributed by atoms with Crippen LogP contribution < -0.4 is 15.4 Å². The molecule has 4 aromatic rings. The monoisotopic (exact) mass is 432 g/mol. The molecule has 6 rings (SSSR count). The van der Waals surface area contributed by atoms with Crippen molar-refractivity contribution in [1.82, 2.24) is 25.0 Å². The Hall–Kier alpha value is -3.76. The highest BCUT2D eigenvalue weighted by atomic mass is 16.5. The molecule has 1 aliphatic heterocycles. The molecule has 0 radical (unpaired) electrons. The van der Waals surface area contributed by atoms with E-state index in [0.717, 1.165) is 35.0 Å². The lowest BCUT2D eigenvalue weighted by Crippen LogP contribution is -2.18. The SMILES string of the molecule is O=C(Nc1cc(C2(CO)CC2)on1)n1ccc2cc(Oc3ncnc4c3CNC4)ccc21. The number of anilines is 1. The second-order valence-electron chi connectivity index (χ2n) is 8.16. The van der Waals surface area contributed by atoms with Crippen molar-refractivity contribution in [2.24, 2.45) is 0 Å². The molecule has 1 fully saturated rings. The zero-order valence-corrected chi connectivity index (χ0v) is 17.0. The minimum atomic E-state index is -0.359. The van der Waals surface area contributed by atoms with Gasteiger partial charge in [-0.2, -0.15) is 0 Å². The summed E-state index contributed by atoms with van der Waals surface area (Å²) in [5.41, 5.74) is 2.29. The third kappa shape index (κ3) is 3.12. The highest BCUT2D eigenvalue weighted by molar-refractivity contribution is 5.98. The number of fused-ring (bicyclic) bond motifs is 2. The fourth-order valence-corrected chi connectivity index (χ4v) is 4.01. The van der Waals surface area contributed by atoms with E-state index in [1.54, 1.807) is 18.3 Å². The lowest BCUT2D eigenvalue weighted by molar-refractivity contribution is 0.226. The van der Waals surface area contributed by atoms with Crippen LogP contribution in [0.25, 0.3) is 10.9 Å². The molecule has 3 aromatic heterocycles. The number of rotatable bonds is 5. The van der Waals surface area contributed by atoms with Crippen molar-refractivity contribution < 1.29 is 19.2 Å². The van der Waals surface area contributed by atoms with Crippen LogP contribution in [-0.2, 0) is 18.5 Å². The Bertz CT molecular complexity index is 1340. The first-order chi connectivity index (χ1) is 15.6. The summed E-state index contributed by atoms with van der Waals surface area (Å²) in [5.74, 6) is 2.08. The summed E-state index contributed by atoms with van der Waals surface area (Å²) in [5, 5.41) is 20.3. The minimum Gasteiger partial charge on any atom is -0.439 e. The molecule has 1 aromatic carbocycles. The van der Waals surface area contributed by atoms with Crippen LogP contribution in [0.15, 0.2) is 47.4 Å². The maximum atomic E-state index is 12.8. The Morgan fingerprint density at radius 1 is 1.25 bits per heavy atom. The molecule has 3 N–H and O–H groups in total. The standard InChI is InChI=1S/C22H20N6O4/c29-11-22(4-5-22)18-8-19(27-32-18)26-21(30)28-6-3-13-7-14(1-2-17(13)28)31-20-15-9-23-10-16(15)24-12-25-20/h1-3,6-8,12,23,29H,4-5,9-11H2,(H,26,27,30). The molecule has 0 saturated heterocycles. The summed E-state index contributed by atoms with van der Waals surface area (Å²) in [7, 11) is 0. The number of aliphatic hydroxyl groups is 1. The van der Waals surface area contributed by atoms with Crippen molar-refractivity contribution in [2.75, 3.05) is 11.9 Å². The largest absolute Gasteiger partial charge is 0.439 e. The molecule has 2 aliphatic rings. The molecule has 0 unspecified atom stereocenters. The molecule has 4 heterocycles. The third-order valence-electron chi connectivity index (χ3n) is 6.11. The van der Waals surface area contributed by atoms with Crippen LogP contribution in [0.2, 0.25) is 0 Å². The quantitative estimate of drug-likeness (QED) is 0.439. The topological polar surface area (TPSA) is 127 Å². The molecule has 1 amide bonds. The number of amides is 1. The number of hydrogen-bond donors (Lipinski definition) is 3. The van der Waals surface area contributed by atoms with Gasteiger partial charge in [0, 0.05) is 30.7 Å². The van der Waals surface area contributed by atoms with Crippen LogP contribution in [-0.4, -0.2) is 37.4 Å². The molecule has 162 valence electrons. The first-order valence-corrected chi connectivity index (χ1v) is 10.4. The highest BCUT2D eigenvalue weighted by Crippen LogP contribution is 2.48. The molecular formula is C22H20N6O4. The zero-order valence-electron chi connectivity index (χ0n) is 17.0. The maximum Gasteiger partial charge on any atom is 0.331 e. The second-order valence-corrected chi connectivity index (χ2v) is 8.16. The minimum absolute atomic E-state index is 0.0105. The number of aliphatic hydroxyl groups excluding tert-OH is 1. The number of carbonyl (C=O) groups excluding carboxylic acids is 1. The van der Waals surface area contributed by atoms with E-state index in [-0.39, 0.29) is 18.1 Å². The van der Waals surface area contributed by atoms with Gasteiger partial charge in [0.25, 0.3) is 0 Å². The number of aromatic nitrogens is 4. The molecule has 1 aliphatic carbocycles. The molecule has 10 heteroatoms. The van der Waals surface area contributed by atoms with Crippen molar-refractivity contribution in [3.8, 4) is 11.6 Å². The molecule has 1 saturated carbocycles.